The zero-order valence-electron chi connectivity index (χ0n) is 39.5. The van der Waals surface area contributed by atoms with Gasteiger partial charge in [-0.05, 0) is 12.2 Å². The molecule has 0 aliphatic carbocycles. The Hall–Kier alpha value is -6.68. The molecule has 380 valence electrons. The van der Waals surface area contributed by atoms with Crippen LogP contribution in [0.2, 0.25) is 0 Å². The van der Waals surface area contributed by atoms with Gasteiger partial charge < -0.3 is 94.7 Å². The molecule has 29 nitrogen and oxygen atoms in total. The number of carbonyl (C=O) groups excluding carboxylic acids is 1. The molecule has 8 aromatic heterocycles. The fourth-order valence-electron chi connectivity index (χ4n) is 7.81. The number of amides is 1. The van der Waals surface area contributed by atoms with Crippen LogP contribution in [0.25, 0.3) is 56.5 Å². The molecule has 8 aromatic rings. The number of anilines is 4. The molecule has 6 atom stereocenters. The minimum absolute atomic E-state index is 0. The topological polar surface area (TPSA) is 438 Å². The van der Waals surface area contributed by atoms with Gasteiger partial charge in [-0.15, -0.1) is 0 Å². The van der Waals surface area contributed by atoms with Gasteiger partial charge in [-0.3, -0.25) is 4.79 Å². The summed E-state index contributed by atoms with van der Waals surface area (Å²) in [5, 5.41) is 57.4. The number of rotatable bonds is 15. The molecule has 2 saturated heterocycles. The summed E-state index contributed by atoms with van der Waals surface area (Å²) < 4.78 is 14.8. The second-order valence-electron chi connectivity index (χ2n) is 15.7. The summed E-state index contributed by atoms with van der Waals surface area (Å²) >= 11 is 0. The maximum Gasteiger partial charge on any atom is 1.00 e. The fourth-order valence-corrected chi connectivity index (χ4v) is 7.81. The summed E-state index contributed by atoms with van der Waals surface area (Å²) in [6.07, 6.45) is 14.0. The fraction of sp³-hybridized carbons (Fsp3) is 0.326. The van der Waals surface area contributed by atoms with E-state index in [9.17, 15) is 30.0 Å². The van der Waals surface area contributed by atoms with Crippen LogP contribution in [0.1, 0.15) is 36.4 Å². The molecule has 73 heavy (non-hydrogen) atoms. The predicted octanol–water partition coefficient (Wildman–Crippen LogP) is -3.51. The Morgan fingerprint density at radius 3 is 1.60 bits per heavy atom. The van der Waals surface area contributed by atoms with Crippen molar-refractivity contribution in [1.29, 1.82) is 0 Å². The number of nitrogens with zero attached hydrogens (tertiary/aromatic N) is 12. The van der Waals surface area contributed by atoms with Crippen LogP contribution in [0.3, 0.4) is 0 Å². The SMILES string of the molecule is NCCNc1ncnc2nc[nH]c12.Nc1ncnc2c1c(/C=C/C(=O)NCCNc1ncnc3nc[nH]c13)cn2[C@H]1CC(O)[C@@H](CO)O1.Nc1ncnc2c1c(/C=C/C(=O)O)cn2[C@H]1CC(O)[C@@H](CO)O1.[CH3-].[K+]. The number of hydrogen-bond donors (Lipinski definition) is 13. The first-order valence-electron chi connectivity index (χ1n) is 21.9. The number of carboxylic acids is 1. The van der Waals surface area contributed by atoms with Gasteiger partial charge in [0, 0.05) is 74.7 Å². The van der Waals surface area contributed by atoms with Gasteiger partial charge in [0.2, 0.25) is 5.91 Å². The van der Waals surface area contributed by atoms with Crippen LogP contribution in [-0.2, 0) is 19.1 Å². The van der Waals surface area contributed by atoms with Crippen LogP contribution in [0.4, 0.5) is 23.3 Å². The summed E-state index contributed by atoms with van der Waals surface area (Å²) in [7, 11) is 0. The minimum Gasteiger partial charge on any atom is -0.478 e. The van der Waals surface area contributed by atoms with Crippen LogP contribution in [0, 0.1) is 7.43 Å². The van der Waals surface area contributed by atoms with Gasteiger partial charge >= 0.3 is 57.4 Å². The zero-order chi connectivity index (χ0) is 50.0. The summed E-state index contributed by atoms with van der Waals surface area (Å²) in [6, 6.07) is 0. The average molecular weight is 1030 g/mol. The molecule has 2 fully saturated rings. The van der Waals surface area contributed by atoms with Crippen molar-refractivity contribution < 1.29 is 96.0 Å². The van der Waals surface area contributed by atoms with E-state index in [0.717, 1.165) is 17.4 Å². The molecule has 10 heterocycles. The Morgan fingerprint density at radius 1 is 0.685 bits per heavy atom. The first-order valence-corrected chi connectivity index (χ1v) is 21.9. The number of aromatic nitrogens is 14. The largest absolute Gasteiger partial charge is 1.00 e. The van der Waals surface area contributed by atoms with Crippen molar-refractivity contribution in [3.63, 3.8) is 0 Å². The normalized spacial score (nSPS) is 19.4. The molecule has 16 N–H and O–H groups in total. The number of hydrogen-bond acceptors (Lipinski definition) is 23. The summed E-state index contributed by atoms with van der Waals surface area (Å²) in [6.45, 7) is 1.47. The van der Waals surface area contributed by atoms with Crippen molar-refractivity contribution in [3.05, 3.63) is 81.1 Å². The van der Waals surface area contributed by atoms with Crippen LogP contribution in [-0.4, -0.2) is 170 Å². The molecule has 0 saturated carbocycles. The number of fused-ring (bicyclic) bond motifs is 4. The number of aliphatic hydroxyl groups is 4. The Balaban J connectivity index is 0.000000196. The number of aromatic amines is 2. The number of ether oxygens (including phenoxy) is 2. The van der Waals surface area contributed by atoms with E-state index in [1.165, 1.54) is 43.8 Å². The van der Waals surface area contributed by atoms with Crippen molar-refractivity contribution in [2.24, 2.45) is 5.73 Å². The molecule has 2 aliphatic heterocycles. The number of nitrogens with two attached hydrogens (primary N) is 3. The number of nitrogen functional groups attached to an aromatic ring is 2. The van der Waals surface area contributed by atoms with Gasteiger partial charge in [-0.25, -0.2) is 54.6 Å². The predicted molar refractivity (Wildman–Crippen MR) is 262 cm³/mol. The van der Waals surface area contributed by atoms with Crippen molar-refractivity contribution >= 4 is 91.7 Å². The van der Waals surface area contributed by atoms with Crippen molar-refractivity contribution in [2.75, 3.05) is 61.5 Å². The van der Waals surface area contributed by atoms with Crippen molar-refractivity contribution in [3.8, 4) is 0 Å². The first-order chi connectivity index (χ1) is 34.5. The average Bonchev–Trinajstić information content (AvgIpc) is 4.24. The quantitative estimate of drug-likeness (QED) is 0.0205. The first kappa shape index (κ1) is 55.6. The monoisotopic (exact) mass is 1030 g/mol. The Labute approximate surface area is 456 Å². The molecule has 1 amide bonds. The van der Waals surface area contributed by atoms with E-state index in [1.54, 1.807) is 33.9 Å². The maximum atomic E-state index is 12.4. The smallest absolute Gasteiger partial charge is 0.478 e. The molecule has 0 bridgehead atoms. The standard InChI is InChI=1S/C21H24N10O4.C14H16N4O5.C7H10N6.CH3.K/c22-18-16-11(6-31(21(16)30-9-26-18)15-5-12(33)13(7-32)35-15)1-2-14(34)23-3-4-24-19-17-20(27-8-25-17)29-10-28-19;15-13-12-7(1-2-11(21)22)4-18(14(12)17-6-16-13)10-3-8(20)9(5-19)23-10;8-1-2-9-6-5-7(11-3-10-5)13-4-12-6;;/h1-2,6,8-10,12-13,15,32-33H,3-5,7H2,(H,23,34)(H2,22,26,30)(H2,24,25,27,28,29);1-2,4,6,8-10,19-20H,3,5H2,(H,21,22)(H2,15,16,17);3-4H,1-2,8H2,(H2,9,10,11,12,13);1H3;/q;;;-1;+1/b2*2-1+;;;/t12?,13-,15-;8?,9-,10-;;;/m11.../s1. The second-order valence-corrected chi connectivity index (χ2v) is 15.7. The molecular weight excluding hydrogens is 980 g/mol. The van der Waals surface area contributed by atoms with E-state index in [0.29, 0.717) is 82.0 Å². The van der Waals surface area contributed by atoms with Crippen LogP contribution < -0.4 is 84.5 Å². The van der Waals surface area contributed by atoms with Gasteiger partial charge in [0.15, 0.2) is 22.9 Å². The summed E-state index contributed by atoms with van der Waals surface area (Å²) in [5.74, 6) is 0.428. The summed E-state index contributed by atoms with van der Waals surface area (Å²) in [4.78, 5) is 69.9. The third-order valence-corrected chi connectivity index (χ3v) is 11.1. The van der Waals surface area contributed by atoms with Crippen LogP contribution in [0.5, 0.6) is 0 Å². The number of aliphatic carboxylic acids is 1. The Morgan fingerprint density at radius 2 is 1.15 bits per heavy atom. The number of H-pyrrole nitrogens is 2. The van der Waals surface area contributed by atoms with E-state index >= 15 is 0 Å². The van der Waals surface area contributed by atoms with E-state index in [1.807, 2.05) is 0 Å². The van der Waals surface area contributed by atoms with E-state index in [4.69, 9.17) is 31.8 Å². The maximum absolute atomic E-state index is 12.4. The van der Waals surface area contributed by atoms with Crippen LogP contribution >= 0.6 is 0 Å². The molecule has 0 radical (unpaired) electrons. The van der Waals surface area contributed by atoms with Gasteiger partial charge in [0.25, 0.3) is 0 Å². The number of carbonyl (C=O) groups is 2. The second kappa shape index (κ2) is 25.8. The molecule has 0 spiro atoms. The zero-order valence-corrected chi connectivity index (χ0v) is 42.6. The number of carboxylic acid groups (broad SMARTS) is 1. The third-order valence-electron chi connectivity index (χ3n) is 11.1. The molecule has 2 aliphatic rings. The molecule has 2 unspecified atom stereocenters. The number of aliphatic hydroxyl groups excluding tert-OH is 4. The molecule has 10 rings (SSSR count). The Kier molecular flexibility index (Phi) is 19.7. The van der Waals surface area contributed by atoms with Crippen LogP contribution in [0.15, 0.2) is 62.5 Å². The van der Waals surface area contributed by atoms with Gasteiger partial charge in [0.1, 0.15) is 83.9 Å². The summed E-state index contributed by atoms with van der Waals surface area (Å²) in [5.41, 5.74) is 22.2. The van der Waals surface area contributed by atoms with Gasteiger partial charge in [-0.1, -0.05) is 0 Å². The molecular formula is C43H53KN20O9. The van der Waals surface area contributed by atoms with E-state index in [2.05, 4.69) is 75.8 Å². The van der Waals surface area contributed by atoms with Gasteiger partial charge in [0.05, 0.1) is 48.8 Å². The van der Waals surface area contributed by atoms with E-state index in [-0.39, 0.29) is 102 Å². The van der Waals surface area contributed by atoms with Crippen molar-refractivity contribution in [2.45, 2.75) is 49.7 Å². The molecule has 30 heteroatoms. The third kappa shape index (κ3) is 12.9. The van der Waals surface area contributed by atoms with Gasteiger partial charge in [-0.2, -0.15) is 0 Å². The minimum atomic E-state index is -1.09. The molecule has 0 aromatic carbocycles. The Bertz CT molecular complexity index is 3180. The number of nitrogens with one attached hydrogen (secondary N) is 5. The van der Waals surface area contributed by atoms with Crippen molar-refractivity contribution in [1.82, 2.24) is 74.3 Å². The number of imidazole rings is 2. The van der Waals surface area contributed by atoms with E-state index < -0.39 is 42.8 Å².